The summed E-state index contributed by atoms with van der Waals surface area (Å²) in [5.41, 5.74) is 4.38. The quantitative estimate of drug-likeness (QED) is 0.444. The second-order valence-corrected chi connectivity index (χ2v) is 8.06. The minimum atomic E-state index is -0.355. The number of amides is 2. The van der Waals surface area contributed by atoms with E-state index in [4.69, 9.17) is 4.63 Å². The van der Waals surface area contributed by atoms with Crippen LogP contribution in [0.2, 0.25) is 0 Å². The third-order valence-electron chi connectivity index (χ3n) is 6.17. The molecule has 1 unspecified atom stereocenters. The normalized spacial score (nSPS) is 15.4. The molecule has 0 fully saturated rings. The number of hydrogen-bond acceptors (Lipinski definition) is 7. The lowest BCUT2D eigenvalue weighted by atomic mass is 9.91. The monoisotopic (exact) mass is 453 g/mol. The Morgan fingerprint density at radius 2 is 1.97 bits per heavy atom. The molecule has 0 spiro atoms. The maximum Gasteiger partial charge on any atom is 0.256 e. The molecule has 1 aliphatic heterocycles. The van der Waals surface area contributed by atoms with Crippen molar-refractivity contribution in [2.45, 2.75) is 12.5 Å². The Hall–Kier alpha value is -4.60. The van der Waals surface area contributed by atoms with E-state index in [1.807, 2.05) is 18.2 Å². The van der Waals surface area contributed by atoms with E-state index in [0.29, 0.717) is 34.4 Å². The number of carbonyl (C=O) groups excluding carboxylic acids is 2. The molecule has 1 atom stereocenters. The SMILES string of the molecule is O=C(NCC1c2ccccc2CCN1C(=O)c1cccc2nonc12)c1cnn2cccnc12. The van der Waals surface area contributed by atoms with Crippen LogP contribution < -0.4 is 5.32 Å². The van der Waals surface area contributed by atoms with Gasteiger partial charge in [-0.15, -0.1) is 0 Å². The van der Waals surface area contributed by atoms with Crippen LogP contribution in [0.5, 0.6) is 0 Å². The molecule has 10 heteroatoms. The predicted octanol–water partition coefficient (Wildman–Crippen LogP) is 2.44. The molecule has 0 radical (unpaired) electrons. The summed E-state index contributed by atoms with van der Waals surface area (Å²) in [6, 6.07) is 14.6. The second-order valence-electron chi connectivity index (χ2n) is 8.06. The zero-order valence-corrected chi connectivity index (χ0v) is 18.0. The van der Waals surface area contributed by atoms with Crippen LogP contribution in [-0.2, 0) is 6.42 Å². The van der Waals surface area contributed by atoms with Gasteiger partial charge in [0.15, 0.2) is 5.65 Å². The molecule has 0 aliphatic carbocycles. The van der Waals surface area contributed by atoms with Gasteiger partial charge in [-0.3, -0.25) is 9.59 Å². The van der Waals surface area contributed by atoms with Crippen molar-refractivity contribution in [2.24, 2.45) is 0 Å². The molecule has 2 aromatic carbocycles. The summed E-state index contributed by atoms with van der Waals surface area (Å²) in [5.74, 6) is -0.486. The lowest BCUT2D eigenvalue weighted by Gasteiger charge is -2.37. The van der Waals surface area contributed by atoms with Crippen molar-refractivity contribution in [1.82, 2.24) is 35.1 Å². The Morgan fingerprint density at radius 3 is 2.91 bits per heavy atom. The minimum absolute atomic E-state index is 0.187. The van der Waals surface area contributed by atoms with Crippen LogP contribution in [0.25, 0.3) is 16.7 Å². The number of nitrogens with zero attached hydrogens (tertiary/aromatic N) is 6. The fraction of sp³-hybridized carbons (Fsp3) is 0.167. The number of rotatable bonds is 4. The first-order valence-corrected chi connectivity index (χ1v) is 10.9. The zero-order chi connectivity index (χ0) is 23.1. The molecular weight excluding hydrogens is 434 g/mol. The van der Waals surface area contributed by atoms with E-state index in [9.17, 15) is 9.59 Å². The summed E-state index contributed by atoms with van der Waals surface area (Å²) in [6.45, 7) is 0.745. The largest absolute Gasteiger partial charge is 0.349 e. The summed E-state index contributed by atoms with van der Waals surface area (Å²) in [7, 11) is 0. The highest BCUT2D eigenvalue weighted by atomic mass is 16.6. The second kappa shape index (κ2) is 8.07. The van der Waals surface area contributed by atoms with Crippen molar-refractivity contribution in [3.63, 3.8) is 0 Å². The maximum absolute atomic E-state index is 13.7. The van der Waals surface area contributed by atoms with Crippen molar-refractivity contribution < 1.29 is 14.2 Å². The van der Waals surface area contributed by atoms with Crippen LogP contribution in [0.1, 0.15) is 37.9 Å². The minimum Gasteiger partial charge on any atom is -0.349 e. The summed E-state index contributed by atoms with van der Waals surface area (Å²) < 4.78 is 6.39. The molecule has 10 nitrogen and oxygen atoms in total. The Bertz CT molecular complexity index is 1540. The van der Waals surface area contributed by atoms with Gasteiger partial charge in [-0.2, -0.15) is 5.10 Å². The first-order valence-electron chi connectivity index (χ1n) is 10.9. The smallest absolute Gasteiger partial charge is 0.256 e. The highest BCUT2D eigenvalue weighted by Crippen LogP contribution is 2.31. The van der Waals surface area contributed by atoms with Crippen molar-refractivity contribution in [1.29, 1.82) is 0 Å². The molecule has 1 N–H and O–H groups in total. The molecule has 168 valence electrons. The standard InChI is InChI=1S/C24H19N7O3/c32-23(18-13-27-31-11-4-10-25-22(18)31)26-14-20-16-6-2-1-5-15(16)9-12-30(20)24(33)17-7-3-8-19-21(17)29-34-28-19/h1-8,10-11,13,20H,9,12,14H2,(H,26,32). The molecule has 0 saturated heterocycles. The highest BCUT2D eigenvalue weighted by molar-refractivity contribution is 6.05. The van der Waals surface area contributed by atoms with E-state index in [0.717, 1.165) is 17.5 Å². The lowest BCUT2D eigenvalue weighted by Crippen LogP contribution is -2.45. The van der Waals surface area contributed by atoms with Gasteiger partial charge >= 0.3 is 0 Å². The number of benzene rings is 2. The number of hydrogen-bond donors (Lipinski definition) is 1. The lowest BCUT2D eigenvalue weighted by molar-refractivity contribution is 0.0650. The fourth-order valence-corrected chi connectivity index (χ4v) is 4.52. The van der Waals surface area contributed by atoms with Crippen LogP contribution in [-0.4, -0.2) is 54.7 Å². The number of nitrogens with one attached hydrogen (secondary N) is 1. The summed E-state index contributed by atoms with van der Waals surface area (Å²) >= 11 is 0. The summed E-state index contributed by atoms with van der Waals surface area (Å²) in [5, 5.41) is 14.9. The van der Waals surface area contributed by atoms with E-state index in [1.54, 1.807) is 46.1 Å². The van der Waals surface area contributed by atoms with Crippen molar-refractivity contribution >= 4 is 28.5 Å². The van der Waals surface area contributed by atoms with Gasteiger partial charge < -0.3 is 10.2 Å². The van der Waals surface area contributed by atoms with E-state index >= 15 is 0 Å². The zero-order valence-electron chi connectivity index (χ0n) is 18.0. The molecule has 6 rings (SSSR count). The maximum atomic E-state index is 13.7. The Kier molecular flexibility index (Phi) is 4.76. The van der Waals surface area contributed by atoms with Crippen molar-refractivity contribution in [3.8, 4) is 0 Å². The number of carbonyl (C=O) groups is 2. The van der Waals surface area contributed by atoms with Crippen molar-refractivity contribution in [2.75, 3.05) is 13.1 Å². The Morgan fingerprint density at radius 1 is 1.06 bits per heavy atom. The number of aromatic nitrogens is 5. The molecule has 1 aliphatic rings. The van der Waals surface area contributed by atoms with Gasteiger partial charge in [0.05, 0.1) is 17.8 Å². The summed E-state index contributed by atoms with van der Waals surface area (Å²) in [6.07, 6.45) is 5.56. The van der Waals surface area contributed by atoms with Gasteiger partial charge in [-0.25, -0.2) is 14.1 Å². The first kappa shape index (κ1) is 20.0. The molecular formula is C24H19N7O3. The van der Waals surface area contributed by atoms with Crippen LogP contribution >= 0.6 is 0 Å². The van der Waals surface area contributed by atoms with Crippen LogP contribution in [0.15, 0.2) is 71.8 Å². The molecule has 0 bridgehead atoms. The van der Waals surface area contributed by atoms with E-state index in [1.165, 1.54) is 6.20 Å². The fourth-order valence-electron chi connectivity index (χ4n) is 4.52. The van der Waals surface area contributed by atoms with Crippen LogP contribution in [0, 0.1) is 0 Å². The third kappa shape index (κ3) is 3.27. The Labute approximate surface area is 193 Å². The molecule has 2 amide bonds. The first-order chi connectivity index (χ1) is 16.7. The van der Waals surface area contributed by atoms with Gasteiger partial charge in [-0.1, -0.05) is 30.3 Å². The summed E-state index contributed by atoms with van der Waals surface area (Å²) in [4.78, 5) is 32.7. The molecule has 0 saturated carbocycles. The van der Waals surface area contributed by atoms with Crippen LogP contribution in [0.4, 0.5) is 0 Å². The average molecular weight is 453 g/mol. The molecule has 5 aromatic rings. The van der Waals surface area contributed by atoms with Gasteiger partial charge in [0.2, 0.25) is 0 Å². The van der Waals surface area contributed by atoms with E-state index in [2.05, 4.69) is 31.8 Å². The van der Waals surface area contributed by atoms with Crippen LogP contribution in [0.3, 0.4) is 0 Å². The van der Waals surface area contributed by atoms with Crippen molar-refractivity contribution in [3.05, 3.63) is 89.4 Å². The Balaban J connectivity index is 1.32. The third-order valence-corrected chi connectivity index (χ3v) is 6.17. The van der Waals surface area contributed by atoms with Gasteiger partial charge in [0.1, 0.15) is 16.6 Å². The topological polar surface area (TPSA) is 119 Å². The highest BCUT2D eigenvalue weighted by Gasteiger charge is 2.33. The van der Waals surface area contributed by atoms with E-state index in [-0.39, 0.29) is 24.4 Å². The molecule has 3 aromatic heterocycles. The van der Waals surface area contributed by atoms with Gasteiger partial charge in [-0.05, 0) is 46.1 Å². The van der Waals surface area contributed by atoms with E-state index < -0.39 is 0 Å². The predicted molar refractivity (Wildman–Crippen MR) is 121 cm³/mol. The van der Waals surface area contributed by atoms with Gasteiger partial charge in [0.25, 0.3) is 11.8 Å². The van der Waals surface area contributed by atoms with Gasteiger partial charge in [0, 0.05) is 25.5 Å². The average Bonchev–Trinajstić information content (AvgIpc) is 3.54. The molecule has 34 heavy (non-hydrogen) atoms. The molecule has 4 heterocycles. The number of fused-ring (bicyclic) bond motifs is 3.